The molecule has 4 aromatic rings. The van der Waals surface area contributed by atoms with E-state index in [0.717, 1.165) is 0 Å². The maximum Gasteiger partial charge on any atom is 0.406 e. The van der Waals surface area contributed by atoms with E-state index < -0.39 is 83.1 Å². The molecule has 4 aliphatic rings. The number of halogens is 3. The van der Waals surface area contributed by atoms with Gasteiger partial charge in [0.1, 0.15) is 18.6 Å². The molecule has 0 spiro atoms. The Hall–Kier alpha value is -6.04. The lowest BCUT2D eigenvalue weighted by Gasteiger charge is -2.41. The zero-order valence-corrected chi connectivity index (χ0v) is 42.2. The number of nitrogens with one attached hydrogen (secondary N) is 2. The molecule has 19 nitrogen and oxygen atoms in total. The van der Waals surface area contributed by atoms with Gasteiger partial charge in [0.2, 0.25) is 23.6 Å². The summed E-state index contributed by atoms with van der Waals surface area (Å²) in [4.78, 5) is 77.6. The highest BCUT2D eigenvalue weighted by atomic mass is 32.1. The highest BCUT2D eigenvalue weighted by Crippen LogP contribution is 2.43. The molecule has 72 heavy (non-hydrogen) atoms. The average molecular weight is 1020 g/mol. The number of likely N-dealkylation sites (tertiary alicyclic amines) is 1. The minimum absolute atomic E-state index is 0.00995. The molecular formula is C49H61F3N10O9S. The number of cyclic esters (lactones) is 1. The second-order valence-electron chi connectivity index (χ2n) is 20.0. The molecule has 3 saturated heterocycles. The molecule has 6 atom stereocenters. The summed E-state index contributed by atoms with van der Waals surface area (Å²) < 4.78 is 69.1. The van der Waals surface area contributed by atoms with Crippen molar-refractivity contribution in [2.24, 2.45) is 11.3 Å². The Morgan fingerprint density at radius 1 is 1.12 bits per heavy atom. The van der Waals surface area contributed by atoms with Crippen molar-refractivity contribution in [3.8, 4) is 22.7 Å². The zero-order chi connectivity index (χ0) is 52.0. The lowest BCUT2D eigenvalue weighted by Crippen LogP contribution is -2.65. The number of morpholine rings is 1. The summed E-state index contributed by atoms with van der Waals surface area (Å²) >= 11 is 4.74. The number of hydrogen-bond acceptors (Lipinski definition) is 14. The topological polar surface area (TPSA) is 207 Å². The van der Waals surface area contributed by atoms with Crippen LogP contribution in [0.2, 0.25) is 0 Å². The number of carbonyl (C=O) groups excluding carboxylic acids is 5. The van der Waals surface area contributed by atoms with Gasteiger partial charge in [0.05, 0.1) is 55.8 Å². The molecule has 388 valence electrons. The van der Waals surface area contributed by atoms with Crippen LogP contribution in [0, 0.1) is 11.3 Å². The van der Waals surface area contributed by atoms with Crippen LogP contribution < -0.4 is 10.7 Å². The van der Waals surface area contributed by atoms with Crippen LogP contribution in [0.15, 0.2) is 53.6 Å². The van der Waals surface area contributed by atoms with Crippen molar-refractivity contribution < 1.29 is 55.8 Å². The standard InChI is InChI=1S/C49H61F3N10O9S/c1-9-38(63)60-18-19-69-36-24-59(23-35(36)60)46(67)58(7)40(27(2)3)42(64)54-33-21-37-55-56-43(71-37)29-13-14-34-31(20-29)32(22-47(5,6)26-70-45(66)48(72)15-11-17-62(57-48)44(33)65)41(61(34)25-49(50,51)52)30-12-10-16-53-39(30)28(4)68-8/h9-10,12-14,16,20,27-28,33,35-36,40,57,72H,1,11,15,17-19,21-26H2,2-8H3,(H,54,64)/t28-,33-,35+,36-,40?,48-/m0/s1. The zero-order valence-electron chi connectivity index (χ0n) is 41.3. The van der Waals surface area contributed by atoms with E-state index in [1.54, 1.807) is 62.2 Å². The number of likely N-dealkylation sites (N-methyl/N-ethyl adjacent to an activating group) is 1. The number of carbonyl (C=O) groups is 5. The largest absolute Gasteiger partial charge is 0.463 e. The molecule has 0 saturated carbocycles. The van der Waals surface area contributed by atoms with E-state index in [4.69, 9.17) is 31.3 Å². The number of methoxy groups -OCH3 is 1. The minimum atomic E-state index is -4.64. The lowest BCUT2D eigenvalue weighted by molar-refractivity contribution is -0.157. The molecular weight excluding hydrogens is 962 g/mol. The summed E-state index contributed by atoms with van der Waals surface area (Å²) in [5.41, 5.74) is 4.24. The summed E-state index contributed by atoms with van der Waals surface area (Å²) in [5.74, 6) is -2.99. The normalized spacial score (nSPS) is 23.6. The number of fused-ring (bicyclic) bond motifs is 7. The molecule has 2 N–H and O–H groups in total. The third-order valence-electron chi connectivity index (χ3n) is 13.8. The Kier molecular flexibility index (Phi) is 14.9. The Morgan fingerprint density at radius 2 is 1.89 bits per heavy atom. The van der Waals surface area contributed by atoms with E-state index in [2.05, 4.69) is 32.5 Å². The van der Waals surface area contributed by atoms with Crippen LogP contribution in [0.3, 0.4) is 0 Å². The number of nitrogens with zero attached hydrogens (tertiary/aromatic N) is 8. The number of pyridine rings is 1. The van der Waals surface area contributed by atoms with Gasteiger partial charge in [-0.05, 0) is 74.1 Å². The van der Waals surface area contributed by atoms with Gasteiger partial charge in [0.25, 0.3) is 5.91 Å². The first-order valence-corrected chi connectivity index (χ1v) is 24.4. The van der Waals surface area contributed by atoms with E-state index >= 15 is 0 Å². The first-order valence-electron chi connectivity index (χ1n) is 23.9. The number of urea groups is 1. The summed E-state index contributed by atoms with van der Waals surface area (Å²) in [7, 11) is 2.98. The summed E-state index contributed by atoms with van der Waals surface area (Å²) in [5, 5.41) is 13.0. The van der Waals surface area contributed by atoms with Crippen LogP contribution in [0.4, 0.5) is 18.0 Å². The number of amides is 5. The molecule has 3 aromatic heterocycles. The van der Waals surface area contributed by atoms with Crippen LogP contribution in [0.5, 0.6) is 0 Å². The van der Waals surface area contributed by atoms with Crippen molar-refractivity contribution >= 4 is 53.3 Å². The van der Waals surface area contributed by atoms with Gasteiger partial charge < -0.3 is 43.2 Å². The molecule has 3 fully saturated rings. The first-order chi connectivity index (χ1) is 34.0. The predicted octanol–water partition coefficient (Wildman–Crippen LogP) is 5.10. The summed E-state index contributed by atoms with van der Waals surface area (Å²) in [6, 6.07) is 4.72. The van der Waals surface area contributed by atoms with Crippen molar-refractivity contribution in [2.45, 2.75) is 108 Å². The average Bonchev–Trinajstić information content (AvgIpc) is 4.07. The Bertz CT molecular complexity index is 2750. The van der Waals surface area contributed by atoms with Crippen molar-refractivity contribution in [3.63, 3.8) is 0 Å². The third-order valence-corrected chi connectivity index (χ3v) is 14.3. The fraction of sp³-hybridized carbons (Fsp3) is 0.551. The number of hydrazine groups is 1. The van der Waals surface area contributed by atoms with Crippen molar-refractivity contribution in [1.82, 2.24) is 50.2 Å². The van der Waals surface area contributed by atoms with Gasteiger partial charge in [-0.15, -0.1) is 22.8 Å². The fourth-order valence-corrected chi connectivity index (χ4v) is 10.6. The van der Waals surface area contributed by atoms with Gasteiger partial charge >= 0.3 is 18.2 Å². The SMILES string of the molecule is C=CC(=O)N1CCO[C@H]2CN(C(=O)N(C)C(C(=O)N[C@H]3Cc4nnc(o4)-c4ccc5c(c4)c(c(-c4cccnc4[C@H](C)OC)n5CC(F)(F)F)CC(C)(C)COC(=O)[C@@]4(S)CCCN(N4)C3=O)C(C)C)C[C@H]21. The lowest BCUT2D eigenvalue weighted by atomic mass is 9.84. The Morgan fingerprint density at radius 3 is 2.60 bits per heavy atom. The second-order valence-corrected chi connectivity index (χ2v) is 20.8. The number of ether oxygens (including phenoxy) is 3. The third kappa shape index (κ3) is 10.6. The Balaban J connectivity index is 1.17. The molecule has 1 aromatic carbocycles. The number of benzene rings is 1. The van der Waals surface area contributed by atoms with Gasteiger partial charge in [0, 0.05) is 67.4 Å². The number of alkyl halides is 3. The monoisotopic (exact) mass is 1020 g/mol. The summed E-state index contributed by atoms with van der Waals surface area (Å²) in [6.07, 6.45) is -2.69. The molecule has 7 heterocycles. The van der Waals surface area contributed by atoms with E-state index in [1.165, 1.54) is 39.6 Å². The molecule has 0 aliphatic carbocycles. The maximum atomic E-state index is 14.7. The van der Waals surface area contributed by atoms with Crippen molar-refractivity contribution in [2.75, 3.05) is 53.6 Å². The van der Waals surface area contributed by atoms with Crippen LogP contribution in [0.1, 0.15) is 70.7 Å². The van der Waals surface area contributed by atoms with Crippen molar-refractivity contribution in [3.05, 3.63) is 66.3 Å². The minimum Gasteiger partial charge on any atom is -0.463 e. The van der Waals surface area contributed by atoms with Gasteiger partial charge in [-0.25, -0.2) is 15.0 Å². The second kappa shape index (κ2) is 20.5. The van der Waals surface area contributed by atoms with Crippen LogP contribution >= 0.6 is 12.6 Å². The fourth-order valence-electron chi connectivity index (χ4n) is 10.3. The first kappa shape index (κ1) is 52.3. The van der Waals surface area contributed by atoms with Gasteiger partial charge in [-0.2, -0.15) is 13.2 Å². The smallest absolute Gasteiger partial charge is 0.406 e. The van der Waals surface area contributed by atoms with E-state index in [9.17, 15) is 37.1 Å². The molecule has 23 heteroatoms. The highest BCUT2D eigenvalue weighted by Gasteiger charge is 2.47. The molecule has 1 unspecified atom stereocenters. The van der Waals surface area contributed by atoms with Gasteiger partial charge in [-0.1, -0.05) is 34.3 Å². The number of aromatic nitrogens is 4. The summed E-state index contributed by atoms with van der Waals surface area (Å²) in [6.45, 7) is 12.1. The quantitative estimate of drug-likeness (QED) is 0.114. The van der Waals surface area contributed by atoms with E-state index in [0.29, 0.717) is 47.3 Å². The van der Waals surface area contributed by atoms with E-state index in [1.807, 2.05) is 13.8 Å². The number of thiol groups is 1. The molecule has 5 amide bonds. The number of esters is 1. The number of hydrogen-bond donors (Lipinski definition) is 3. The van der Waals surface area contributed by atoms with Crippen molar-refractivity contribution in [1.29, 1.82) is 0 Å². The molecule has 4 aliphatic heterocycles. The molecule has 8 rings (SSSR count). The molecule has 0 radical (unpaired) electrons. The maximum absolute atomic E-state index is 14.7. The highest BCUT2D eigenvalue weighted by molar-refractivity contribution is 7.82. The van der Waals surface area contributed by atoms with E-state index in [-0.39, 0.29) is 74.4 Å². The van der Waals surface area contributed by atoms with Crippen LogP contribution in [-0.2, 0) is 52.8 Å². The van der Waals surface area contributed by atoms with Gasteiger partial charge in [-0.3, -0.25) is 24.4 Å². The molecule has 6 bridgehead atoms. The van der Waals surface area contributed by atoms with Crippen LogP contribution in [-0.4, -0.2) is 158 Å². The Labute approximate surface area is 420 Å². The number of rotatable bonds is 9. The van der Waals surface area contributed by atoms with Crippen LogP contribution in [0.25, 0.3) is 33.6 Å². The predicted molar refractivity (Wildman–Crippen MR) is 259 cm³/mol. The van der Waals surface area contributed by atoms with Gasteiger partial charge in [0.15, 0.2) is 4.87 Å².